The second kappa shape index (κ2) is 29.8. The molecule has 0 atom stereocenters. The molecular weight excluding hydrogens is 1010 g/mol. The first-order valence-electron chi connectivity index (χ1n) is 28.9. The van der Waals surface area contributed by atoms with Crippen molar-refractivity contribution in [3.05, 3.63) is 89.8 Å². The molecule has 0 saturated carbocycles. The van der Waals surface area contributed by atoms with Gasteiger partial charge in [-0.1, -0.05) is 180 Å². The zero-order chi connectivity index (χ0) is 52.2. The summed E-state index contributed by atoms with van der Waals surface area (Å²) in [5.74, 6) is 0. The highest BCUT2D eigenvalue weighted by atomic mass is 32.1. The van der Waals surface area contributed by atoms with Crippen LogP contribution >= 0.6 is 57.1 Å². The van der Waals surface area contributed by atoms with E-state index in [1.807, 2.05) is 0 Å². The zero-order valence-electron chi connectivity index (χ0n) is 45.5. The normalized spacial score (nSPS) is 11.6. The number of benzene rings is 3. The van der Waals surface area contributed by atoms with Gasteiger partial charge in [-0.2, -0.15) is 14.0 Å². The number of rotatable bonds is 34. The van der Waals surface area contributed by atoms with Gasteiger partial charge < -0.3 is 9.80 Å². The molecule has 5 aromatic heterocycles. The smallest absolute Gasteiger partial charge is 0.216 e. The Labute approximate surface area is 470 Å². The quantitative estimate of drug-likeness (QED) is 0.0297. The summed E-state index contributed by atoms with van der Waals surface area (Å²) in [6.07, 6.45) is 31.6. The van der Waals surface area contributed by atoms with Crippen molar-refractivity contribution in [2.24, 2.45) is 0 Å². The Bertz CT molecular complexity index is 2760. The molecule has 0 aliphatic heterocycles. The molecule has 0 spiro atoms. The molecule has 0 unspecified atom stereocenters. The van der Waals surface area contributed by atoms with Crippen LogP contribution in [0.4, 0.5) is 17.1 Å². The van der Waals surface area contributed by atoms with Gasteiger partial charge in [0.25, 0.3) is 0 Å². The van der Waals surface area contributed by atoms with E-state index in [1.165, 1.54) is 205 Å². The summed E-state index contributed by atoms with van der Waals surface area (Å²) in [5.41, 5.74) is 8.74. The molecule has 0 bridgehead atoms. The van der Waals surface area contributed by atoms with Crippen LogP contribution in [-0.4, -0.2) is 34.9 Å². The van der Waals surface area contributed by atoms with E-state index >= 15 is 0 Å². The van der Waals surface area contributed by atoms with Gasteiger partial charge in [0.2, 0.25) is 5.69 Å². The van der Waals surface area contributed by atoms with E-state index in [-0.39, 0.29) is 0 Å². The molecule has 5 heterocycles. The van der Waals surface area contributed by atoms with Crippen molar-refractivity contribution in [3.8, 4) is 47.8 Å². The van der Waals surface area contributed by atoms with Crippen molar-refractivity contribution in [2.45, 2.75) is 182 Å². The summed E-state index contributed by atoms with van der Waals surface area (Å²) in [4.78, 5) is 13.8. The molecule has 0 radical (unpaired) electrons. The molecule has 0 fully saturated rings. The number of fused-ring (bicyclic) bond motifs is 3. The van der Waals surface area contributed by atoms with E-state index in [2.05, 4.69) is 121 Å². The molecule has 0 aliphatic carbocycles. The number of hydrogen-bond donors (Lipinski definition) is 0. The lowest BCUT2D eigenvalue weighted by molar-refractivity contribution is 0.575. The van der Waals surface area contributed by atoms with Crippen LogP contribution in [0.5, 0.6) is 0 Å². The standard InChI is InChI=1S/C64H80N6S5/c1-6-10-14-18-22-26-38-69(39-27-23-19-15-11-7-2)49-34-30-47(31-35-49)52-42-54-56(71-52)44-58(73-54)60-51(46-65)62(66-5)61(64-63(60)67-75-68-64)59-45-57-55(74-59)43-53(72-57)48-32-36-50(37-33-48)70(40-28-24-20-16-12-8-3)41-29-25-21-17-13-9-4/h30-37,42-45H,6-29,38-41H2,1-4H3. The van der Waals surface area contributed by atoms with E-state index in [9.17, 15) is 5.26 Å². The number of hydrogen-bond acceptors (Lipinski definition) is 10. The average Bonchev–Trinajstić information content (AvgIpc) is 4.33. The van der Waals surface area contributed by atoms with Gasteiger partial charge >= 0.3 is 0 Å². The number of nitriles is 1. The van der Waals surface area contributed by atoms with Crippen LogP contribution in [0.1, 0.15) is 187 Å². The van der Waals surface area contributed by atoms with Gasteiger partial charge in [-0.15, -0.1) is 45.3 Å². The van der Waals surface area contributed by atoms with Gasteiger partial charge in [0.1, 0.15) is 11.0 Å². The van der Waals surface area contributed by atoms with Gasteiger partial charge in [-0.25, -0.2) is 4.85 Å². The van der Waals surface area contributed by atoms with Crippen LogP contribution in [0.15, 0.2) is 72.8 Å². The Morgan fingerprint density at radius 1 is 0.440 bits per heavy atom. The predicted molar refractivity (Wildman–Crippen MR) is 335 cm³/mol. The molecule has 0 aliphatic rings. The zero-order valence-corrected chi connectivity index (χ0v) is 49.5. The highest BCUT2D eigenvalue weighted by molar-refractivity contribution is 7.31. The molecule has 3 aromatic carbocycles. The molecule has 11 heteroatoms. The SMILES string of the molecule is [C-]#[N+]c1c(C#N)c(-c2cc3sc(-c4ccc(N(CCCCCCCC)CCCCCCCC)cc4)cc3s2)c2nsnc2c1-c1cc2sc(-c3ccc(N(CCCCCCCC)CCCCCCCC)cc3)cc2s1. The second-order valence-corrected chi connectivity index (χ2v) is 25.6. The summed E-state index contributed by atoms with van der Waals surface area (Å²) in [5, 5.41) is 10.9. The van der Waals surface area contributed by atoms with Crippen molar-refractivity contribution in [1.29, 1.82) is 5.26 Å². The molecule has 0 saturated heterocycles. The van der Waals surface area contributed by atoms with E-state index in [0.29, 0.717) is 22.3 Å². The van der Waals surface area contributed by atoms with Gasteiger partial charge in [0.05, 0.1) is 29.9 Å². The molecular formula is C64H80N6S5. The lowest BCUT2D eigenvalue weighted by Gasteiger charge is -2.25. The van der Waals surface area contributed by atoms with E-state index in [4.69, 9.17) is 15.3 Å². The maximum Gasteiger partial charge on any atom is 0.216 e. The van der Waals surface area contributed by atoms with Gasteiger partial charge in [-0.05, 0) is 85.3 Å². The minimum atomic E-state index is 0.364. The molecule has 396 valence electrons. The Balaban J connectivity index is 0.980. The average molecular weight is 1090 g/mol. The Hall–Kier alpha value is -4.62. The van der Waals surface area contributed by atoms with Crippen molar-refractivity contribution in [2.75, 3.05) is 36.0 Å². The maximum absolute atomic E-state index is 10.9. The first-order valence-corrected chi connectivity index (χ1v) is 32.9. The number of aromatic nitrogens is 2. The summed E-state index contributed by atoms with van der Waals surface area (Å²) in [7, 11) is 0. The van der Waals surface area contributed by atoms with Crippen LogP contribution in [-0.2, 0) is 0 Å². The largest absolute Gasteiger partial charge is 0.372 e. The summed E-state index contributed by atoms with van der Waals surface area (Å²) < 4.78 is 14.4. The number of thiophene rings is 4. The third kappa shape index (κ3) is 14.9. The van der Waals surface area contributed by atoms with Crippen LogP contribution in [0.2, 0.25) is 0 Å². The molecule has 8 rings (SSSR count). The minimum absolute atomic E-state index is 0.364. The Kier molecular flexibility index (Phi) is 22.5. The molecule has 0 N–H and O–H groups in total. The van der Waals surface area contributed by atoms with Gasteiger partial charge in [0.15, 0.2) is 0 Å². The van der Waals surface area contributed by atoms with Gasteiger partial charge in [-0.3, -0.25) is 0 Å². The third-order valence-electron chi connectivity index (χ3n) is 15.0. The fourth-order valence-corrected chi connectivity index (χ4v) is 16.1. The molecule has 0 amide bonds. The predicted octanol–water partition coefficient (Wildman–Crippen LogP) is 22.4. The van der Waals surface area contributed by atoms with Crippen molar-refractivity contribution in [1.82, 2.24) is 8.75 Å². The topological polar surface area (TPSA) is 60.4 Å². The van der Waals surface area contributed by atoms with E-state index in [1.54, 1.807) is 45.3 Å². The highest BCUT2D eigenvalue weighted by Gasteiger charge is 2.27. The van der Waals surface area contributed by atoms with Crippen LogP contribution < -0.4 is 9.80 Å². The fourth-order valence-electron chi connectivity index (χ4n) is 10.6. The first-order chi connectivity index (χ1) is 37.0. The Morgan fingerprint density at radius 2 is 0.760 bits per heavy atom. The molecule has 8 aromatic rings. The van der Waals surface area contributed by atoms with Crippen molar-refractivity contribution >= 4 is 104 Å². The summed E-state index contributed by atoms with van der Waals surface area (Å²) >= 11 is 8.11. The summed E-state index contributed by atoms with van der Waals surface area (Å²) in [6.45, 7) is 22.2. The lowest BCUT2D eigenvalue weighted by atomic mass is 9.97. The maximum atomic E-state index is 10.9. The lowest BCUT2D eigenvalue weighted by Crippen LogP contribution is -2.25. The van der Waals surface area contributed by atoms with E-state index in [0.717, 1.165) is 58.8 Å². The first kappa shape index (κ1) is 56.6. The van der Waals surface area contributed by atoms with Crippen molar-refractivity contribution < 1.29 is 0 Å². The van der Waals surface area contributed by atoms with Crippen molar-refractivity contribution in [3.63, 3.8) is 0 Å². The third-order valence-corrected chi connectivity index (χ3v) is 20.2. The number of unbranched alkanes of at least 4 members (excludes halogenated alkanes) is 20. The number of anilines is 2. The van der Waals surface area contributed by atoms with Crippen LogP contribution in [0.3, 0.4) is 0 Å². The monoisotopic (exact) mass is 1090 g/mol. The second-order valence-electron chi connectivity index (χ2n) is 20.7. The fraction of sp³-hybridized carbons (Fsp3) is 0.500. The highest BCUT2D eigenvalue weighted by Crippen LogP contribution is 2.52. The van der Waals surface area contributed by atoms with Crippen LogP contribution in [0, 0.1) is 17.9 Å². The van der Waals surface area contributed by atoms with Crippen LogP contribution in [0.25, 0.3) is 76.4 Å². The number of nitrogens with zero attached hydrogens (tertiary/aromatic N) is 6. The minimum Gasteiger partial charge on any atom is -0.372 e. The Morgan fingerprint density at radius 3 is 1.12 bits per heavy atom. The van der Waals surface area contributed by atoms with E-state index < -0.39 is 0 Å². The molecule has 75 heavy (non-hydrogen) atoms. The molecule has 6 nitrogen and oxygen atoms in total. The summed E-state index contributed by atoms with van der Waals surface area (Å²) in [6, 6.07) is 30.0. The van der Waals surface area contributed by atoms with Gasteiger partial charge in [0, 0.05) is 87.0 Å².